The number of nitrogens with one attached hydrogen (secondary N) is 3. The third-order valence-electron chi connectivity index (χ3n) is 6.32. The highest BCUT2D eigenvalue weighted by atomic mass is 19.1. The number of carbonyl (C=O) groups excluding carboxylic acids is 1. The molecule has 11 heteroatoms. The van der Waals surface area contributed by atoms with Crippen LogP contribution in [0.3, 0.4) is 0 Å². The number of fused-ring (bicyclic) bond motifs is 2. The van der Waals surface area contributed by atoms with E-state index in [4.69, 9.17) is 4.74 Å². The summed E-state index contributed by atoms with van der Waals surface area (Å²) in [5, 5.41) is 11.0. The Morgan fingerprint density at radius 3 is 2.67 bits per heavy atom. The highest BCUT2D eigenvalue weighted by molar-refractivity contribution is 5.96. The number of aromatic amines is 2. The Hall–Kier alpha value is -5.19. The van der Waals surface area contributed by atoms with Crippen molar-refractivity contribution in [2.75, 3.05) is 12.4 Å². The van der Waals surface area contributed by atoms with Gasteiger partial charge in [0.2, 0.25) is 5.91 Å². The number of hydrogen-bond acceptors (Lipinski definition) is 7. The van der Waals surface area contributed by atoms with Crippen molar-refractivity contribution < 1.29 is 13.9 Å². The summed E-state index contributed by atoms with van der Waals surface area (Å²) >= 11 is 0. The molecule has 0 unspecified atom stereocenters. The monoisotopic (exact) mass is 522 g/mol. The van der Waals surface area contributed by atoms with Gasteiger partial charge in [-0.2, -0.15) is 5.10 Å². The first-order valence-electron chi connectivity index (χ1n) is 12.2. The molecular formula is C28H23FN8O2. The Bertz CT molecular complexity index is 1860. The number of ether oxygens (including phenoxy) is 1. The number of methoxy groups -OCH3 is 1. The van der Waals surface area contributed by atoms with Crippen LogP contribution in [0.2, 0.25) is 0 Å². The van der Waals surface area contributed by atoms with Crippen LogP contribution in [-0.2, 0) is 4.79 Å². The second-order valence-electron chi connectivity index (χ2n) is 9.32. The van der Waals surface area contributed by atoms with Gasteiger partial charge in [0, 0.05) is 47.3 Å². The Labute approximate surface area is 221 Å². The van der Waals surface area contributed by atoms with E-state index in [1.165, 1.54) is 19.2 Å². The summed E-state index contributed by atoms with van der Waals surface area (Å²) in [6, 6.07) is 10.1. The number of anilines is 1. The number of hydrogen-bond donors (Lipinski definition) is 3. The maximum absolute atomic E-state index is 14.2. The van der Waals surface area contributed by atoms with Gasteiger partial charge in [0.05, 0.1) is 29.9 Å². The molecule has 0 bridgehead atoms. The summed E-state index contributed by atoms with van der Waals surface area (Å²) in [6.07, 6.45) is 6.64. The van der Waals surface area contributed by atoms with Crippen LogP contribution in [0.15, 0.2) is 61.2 Å². The van der Waals surface area contributed by atoms with Crippen molar-refractivity contribution in [3.8, 4) is 39.5 Å². The summed E-state index contributed by atoms with van der Waals surface area (Å²) in [7, 11) is 1.49. The minimum Gasteiger partial charge on any atom is -0.497 e. The van der Waals surface area contributed by atoms with Gasteiger partial charge in [-0.25, -0.2) is 19.3 Å². The van der Waals surface area contributed by atoms with Crippen LogP contribution in [0, 0.1) is 11.7 Å². The van der Waals surface area contributed by atoms with Crippen molar-refractivity contribution in [3.63, 3.8) is 0 Å². The summed E-state index contributed by atoms with van der Waals surface area (Å²) < 4.78 is 19.5. The van der Waals surface area contributed by atoms with E-state index < -0.39 is 5.82 Å². The fourth-order valence-electron chi connectivity index (χ4n) is 4.30. The van der Waals surface area contributed by atoms with Gasteiger partial charge >= 0.3 is 0 Å². The number of imidazole rings is 1. The number of amides is 1. The first kappa shape index (κ1) is 24.2. The summed E-state index contributed by atoms with van der Waals surface area (Å²) in [5.74, 6) is 0.270. The molecule has 0 saturated heterocycles. The van der Waals surface area contributed by atoms with Crippen molar-refractivity contribution in [3.05, 3.63) is 67.0 Å². The standard InChI is InChI=1S/C28H23FN8O2/c1-14(2)28(38)33-19-7-16(11-30-13-19)17-9-22-24(36-37-25(22)32-12-17)27-34-23-21(4-5-31-26(23)35-27)15-6-18(29)10-20(8-15)39-3/h4-14H,1-3H3,(H,33,38)(H,31,34,35)(H,32,36,37). The first-order chi connectivity index (χ1) is 18.9. The van der Waals surface area contributed by atoms with E-state index in [0.717, 1.165) is 22.1 Å². The quantitative estimate of drug-likeness (QED) is 0.268. The van der Waals surface area contributed by atoms with E-state index in [0.29, 0.717) is 45.3 Å². The maximum Gasteiger partial charge on any atom is 0.226 e. The molecule has 0 aliphatic carbocycles. The van der Waals surface area contributed by atoms with E-state index in [1.807, 2.05) is 26.0 Å². The number of rotatable bonds is 6. The lowest BCUT2D eigenvalue weighted by molar-refractivity contribution is -0.118. The fraction of sp³-hybridized carbons (Fsp3) is 0.143. The van der Waals surface area contributed by atoms with Crippen molar-refractivity contribution >= 4 is 33.8 Å². The molecule has 1 aromatic carbocycles. The van der Waals surface area contributed by atoms with Crippen molar-refractivity contribution in [1.29, 1.82) is 0 Å². The molecule has 6 rings (SSSR count). The third kappa shape index (κ3) is 4.54. The average Bonchev–Trinajstić information content (AvgIpc) is 3.56. The number of benzene rings is 1. The molecular weight excluding hydrogens is 499 g/mol. The molecule has 5 aromatic heterocycles. The van der Waals surface area contributed by atoms with Crippen molar-refractivity contribution in [1.82, 2.24) is 35.1 Å². The number of pyridine rings is 3. The van der Waals surface area contributed by atoms with Gasteiger partial charge < -0.3 is 15.0 Å². The molecule has 0 fully saturated rings. The summed E-state index contributed by atoms with van der Waals surface area (Å²) in [4.78, 5) is 33.3. The smallest absolute Gasteiger partial charge is 0.226 e. The fourth-order valence-corrected chi connectivity index (χ4v) is 4.30. The number of nitrogens with zero attached hydrogens (tertiary/aromatic N) is 5. The van der Waals surface area contributed by atoms with E-state index in [9.17, 15) is 9.18 Å². The highest BCUT2D eigenvalue weighted by Crippen LogP contribution is 2.33. The van der Waals surface area contributed by atoms with E-state index in [1.54, 1.807) is 36.9 Å². The highest BCUT2D eigenvalue weighted by Gasteiger charge is 2.17. The van der Waals surface area contributed by atoms with Crippen molar-refractivity contribution in [2.45, 2.75) is 13.8 Å². The normalized spacial score (nSPS) is 11.4. The van der Waals surface area contributed by atoms with Gasteiger partial charge in [-0.15, -0.1) is 0 Å². The molecule has 3 N–H and O–H groups in total. The van der Waals surface area contributed by atoms with Gasteiger partial charge in [-0.3, -0.25) is 14.9 Å². The lowest BCUT2D eigenvalue weighted by atomic mass is 10.1. The molecule has 1 amide bonds. The SMILES string of the molecule is COc1cc(F)cc(-c2ccnc3nc(-c4[nH]nc5ncc(-c6cncc(NC(=O)C(C)C)c6)cc45)[nH]c23)c1. The zero-order chi connectivity index (χ0) is 27.1. The molecule has 0 saturated carbocycles. The molecule has 10 nitrogen and oxygen atoms in total. The molecule has 0 radical (unpaired) electrons. The Morgan fingerprint density at radius 2 is 1.85 bits per heavy atom. The minimum absolute atomic E-state index is 0.0887. The second-order valence-corrected chi connectivity index (χ2v) is 9.32. The van der Waals surface area contributed by atoms with Crippen molar-refractivity contribution in [2.24, 2.45) is 5.92 Å². The van der Waals surface area contributed by atoms with Crippen LogP contribution in [0.1, 0.15) is 13.8 Å². The van der Waals surface area contributed by atoms with Crippen LogP contribution >= 0.6 is 0 Å². The predicted molar refractivity (Wildman–Crippen MR) is 145 cm³/mol. The molecule has 0 aliphatic rings. The third-order valence-corrected chi connectivity index (χ3v) is 6.32. The molecule has 0 atom stereocenters. The van der Waals surface area contributed by atoms with Gasteiger partial charge in [0.25, 0.3) is 0 Å². The van der Waals surface area contributed by atoms with Crippen LogP contribution in [0.5, 0.6) is 5.75 Å². The Morgan fingerprint density at radius 1 is 1.00 bits per heavy atom. The number of carbonyl (C=O) groups is 1. The predicted octanol–water partition coefficient (Wildman–Crippen LogP) is 5.37. The Kier molecular flexibility index (Phi) is 5.95. The van der Waals surface area contributed by atoms with Gasteiger partial charge in [0.1, 0.15) is 17.3 Å². The zero-order valence-corrected chi connectivity index (χ0v) is 21.3. The van der Waals surface area contributed by atoms with E-state index >= 15 is 0 Å². The average molecular weight is 523 g/mol. The lowest BCUT2D eigenvalue weighted by Gasteiger charge is -2.09. The minimum atomic E-state index is -0.408. The van der Waals surface area contributed by atoms with Gasteiger partial charge in [-0.1, -0.05) is 13.8 Å². The number of H-pyrrole nitrogens is 2. The topological polar surface area (TPSA) is 134 Å². The largest absolute Gasteiger partial charge is 0.497 e. The summed E-state index contributed by atoms with van der Waals surface area (Å²) in [5.41, 5.74) is 5.78. The van der Waals surface area contributed by atoms with E-state index in [2.05, 4.69) is 40.4 Å². The second kappa shape index (κ2) is 9.60. The first-order valence-corrected chi connectivity index (χ1v) is 12.2. The zero-order valence-electron chi connectivity index (χ0n) is 21.3. The Balaban J connectivity index is 1.41. The molecule has 6 aromatic rings. The molecule has 5 heterocycles. The van der Waals surface area contributed by atoms with Crippen LogP contribution in [0.4, 0.5) is 10.1 Å². The molecule has 194 valence electrons. The summed E-state index contributed by atoms with van der Waals surface area (Å²) in [6.45, 7) is 3.66. The number of aromatic nitrogens is 7. The molecule has 0 aliphatic heterocycles. The molecule has 0 spiro atoms. The van der Waals surface area contributed by atoms with Gasteiger partial charge in [-0.05, 0) is 35.9 Å². The van der Waals surface area contributed by atoms with Crippen LogP contribution in [0.25, 0.3) is 56.0 Å². The van der Waals surface area contributed by atoms with Crippen LogP contribution < -0.4 is 10.1 Å². The van der Waals surface area contributed by atoms with Gasteiger partial charge in [0.15, 0.2) is 17.1 Å². The van der Waals surface area contributed by atoms with E-state index in [-0.39, 0.29) is 11.8 Å². The lowest BCUT2D eigenvalue weighted by Crippen LogP contribution is -2.17. The number of halogens is 1. The molecule has 39 heavy (non-hydrogen) atoms. The maximum atomic E-state index is 14.2. The van der Waals surface area contributed by atoms with Crippen LogP contribution in [-0.4, -0.2) is 48.1 Å².